The standard InChI is InChI=1S/C19H25N3O/c1-15-10-11-16(2)18(14-15)21-19(23)20-12-7-13-22(3)17-8-5-4-6-9-17/h4-6,8-11,14H,7,12-13H2,1-3H3,(H2,20,21,23). The third kappa shape index (κ3) is 5.33. The van der Waals surface area contributed by atoms with Crippen molar-refractivity contribution in [2.75, 3.05) is 30.4 Å². The number of urea groups is 1. The Bertz CT molecular complexity index is 640. The second-order valence-corrected chi connectivity index (χ2v) is 5.81. The summed E-state index contributed by atoms with van der Waals surface area (Å²) in [4.78, 5) is 14.1. The molecule has 0 heterocycles. The first-order valence-electron chi connectivity index (χ1n) is 7.94. The largest absolute Gasteiger partial charge is 0.375 e. The van der Waals surface area contributed by atoms with Crippen LogP contribution in [0.25, 0.3) is 0 Å². The first-order chi connectivity index (χ1) is 11.1. The van der Waals surface area contributed by atoms with Gasteiger partial charge in [0.2, 0.25) is 0 Å². The molecule has 2 rings (SSSR count). The van der Waals surface area contributed by atoms with Gasteiger partial charge in [-0.25, -0.2) is 4.79 Å². The summed E-state index contributed by atoms with van der Waals surface area (Å²) in [5.41, 5.74) is 4.25. The molecule has 0 saturated carbocycles. The molecule has 0 unspecified atom stereocenters. The van der Waals surface area contributed by atoms with Gasteiger partial charge in [0.25, 0.3) is 0 Å². The number of anilines is 2. The Labute approximate surface area is 138 Å². The summed E-state index contributed by atoms with van der Waals surface area (Å²) in [6.45, 7) is 5.55. The van der Waals surface area contributed by atoms with Gasteiger partial charge in [-0.2, -0.15) is 0 Å². The van der Waals surface area contributed by atoms with Crippen molar-refractivity contribution >= 4 is 17.4 Å². The molecule has 0 saturated heterocycles. The van der Waals surface area contributed by atoms with E-state index < -0.39 is 0 Å². The summed E-state index contributed by atoms with van der Waals surface area (Å²) >= 11 is 0. The number of hydrogen-bond acceptors (Lipinski definition) is 2. The van der Waals surface area contributed by atoms with Gasteiger partial charge in [0, 0.05) is 31.5 Å². The van der Waals surface area contributed by atoms with Gasteiger partial charge < -0.3 is 15.5 Å². The highest BCUT2D eigenvalue weighted by molar-refractivity contribution is 5.90. The number of nitrogens with one attached hydrogen (secondary N) is 2. The van der Waals surface area contributed by atoms with Crippen molar-refractivity contribution in [3.8, 4) is 0 Å². The highest BCUT2D eigenvalue weighted by Gasteiger charge is 2.05. The van der Waals surface area contributed by atoms with Gasteiger partial charge in [0.15, 0.2) is 0 Å². The Balaban J connectivity index is 1.72. The smallest absolute Gasteiger partial charge is 0.319 e. The van der Waals surface area contributed by atoms with Crippen molar-refractivity contribution < 1.29 is 4.79 Å². The maximum absolute atomic E-state index is 12.0. The minimum atomic E-state index is -0.152. The predicted molar refractivity (Wildman–Crippen MR) is 97.3 cm³/mol. The molecular formula is C19H25N3O. The highest BCUT2D eigenvalue weighted by atomic mass is 16.2. The fraction of sp³-hybridized carbons (Fsp3) is 0.316. The van der Waals surface area contributed by atoms with Gasteiger partial charge >= 0.3 is 6.03 Å². The number of carbonyl (C=O) groups is 1. The number of nitrogens with zero attached hydrogens (tertiary/aromatic N) is 1. The van der Waals surface area contributed by atoms with E-state index in [1.165, 1.54) is 5.69 Å². The van der Waals surface area contributed by atoms with Crippen LogP contribution in [0.15, 0.2) is 48.5 Å². The molecule has 2 aromatic rings. The van der Waals surface area contributed by atoms with Gasteiger partial charge in [-0.05, 0) is 49.6 Å². The van der Waals surface area contributed by atoms with E-state index in [4.69, 9.17) is 0 Å². The minimum absolute atomic E-state index is 0.152. The Morgan fingerprint density at radius 3 is 2.57 bits per heavy atom. The molecule has 0 radical (unpaired) electrons. The summed E-state index contributed by atoms with van der Waals surface area (Å²) in [7, 11) is 2.06. The van der Waals surface area contributed by atoms with Crippen LogP contribution in [0.1, 0.15) is 17.5 Å². The minimum Gasteiger partial charge on any atom is -0.375 e. The fourth-order valence-electron chi connectivity index (χ4n) is 2.37. The van der Waals surface area contributed by atoms with Crippen molar-refractivity contribution in [3.63, 3.8) is 0 Å². The van der Waals surface area contributed by atoms with Crippen LogP contribution in [0.2, 0.25) is 0 Å². The zero-order valence-electron chi connectivity index (χ0n) is 14.1. The maximum atomic E-state index is 12.0. The number of benzene rings is 2. The van der Waals surface area contributed by atoms with Gasteiger partial charge in [-0.3, -0.25) is 0 Å². The summed E-state index contributed by atoms with van der Waals surface area (Å²) in [6, 6.07) is 16.1. The van der Waals surface area contributed by atoms with Crippen molar-refractivity contribution in [3.05, 3.63) is 59.7 Å². The molecule has 0 aliphatic heterocycles. The van der Waals surface area contributed by atoms with Crippen LogP contribution >= 0.6 is 0 Å². The molecule has 4 nitrogen and oxygen atoms in total. The number of carbonyl (C=O) groups excluding carboxylic acids is 1. The molecule has 0 spiro atoms. The topological polar surface area (TPSA) is 44.4 Å². The van der Waals surface area contributed by atoms with E-state index in [2.05, 4.69) is 34.7 Å². The molecule has 4 heteroatoms. The van der Waals surface area contributed by atoms with Gasteiger partial charge in [0.05, 0.1) is 0 Å². The molecule has 2 amide bonds. The second-order valence-electron chi connectivity index (χ2n) is 5.81. The van der Waals surface area contributed by atoms with E-state index in [-0.39, 0.29) is 6.03 Å². The Kier molecular flexibility index (Phi) is 6.03. The first kappa shape index (κ1) is 16.9. The molecule has 0 aliphatic rings. The summed E-state index contributed by atoms with van der Waals surface area (Å²) < 4.78 is 0. The zero-order chi connectivity index (χ0) is 16.7. The zero-order valence-corrected chi connectivity index (χ0v) is 14.1. The molecule has 2 N–H and O–H groups in total. The quantitative estimate of drug-likeness (QED) is 0.793. The molecule has 2 aromatic carbocycles. The SMILES string of the molecule is Cc1ccc(C)c(NC(=O)NCCCN(C)c2ccccc2)c1. The third-order valence-corrected chi connectivity index (χ3v) is 3.79. The van der Waals surface area contributed by atoms with Crippen LogP contribution in [0, 0.1) is 13.8 Å². The average Bonchev–Trinajstić information content (AvgIpc) is 2.55. The maximum Gasteiger partial charge on any atom is 0.319 e. The van der Waals surface area contributed by atoms with Crippen LogP contribution in [0.5, 0.6) is 0 Å². The molecule has 0 bridgehead atoms. The van der Waals surface area contributed by atoms with Gasteiger partial charge in [-0.1, -0.05) is 30.3 Å². The number of hydrogen-bond donors (Lipinski definition) is 2. The lowest BCUT2D eigenvalue weighted by molar-refractivity contribution is 0.252. The summed E-state index contributed by atoms with van der Waals surface area (Å²) in [5, 5.41) is 5.82. The number of aryl methyl sites for hydroxylation is 2. The summed E-state index contributed by atoms with van der Waals surface area (Å²) in [6.07, 6.45) is 0.894. The molecule has 0 aliphatic carbocycles. The fourth-order valence-corrected chi connectivity index (χ4v) is 2.37. The highest BCUT2D eigenvalue weighted by Crippen LogP contribution is 2.16. The van der Waals surface area contributed by atoms with Crippen molar-refractivity contribution in [1.29, 1.82) is 0 Å². The Morgan fingerprint density at radius 2 is 1.83 bits per heavy atom. The lowest BCUT2D eigenvalue weighted by Crippen LogP contribution is -2.31. The predicted octanol–water partition coefficient (Wildman–Crippen LogP) is 3.95. The van der Waals surface area contributed by atoms with E-state index in [9.17, 15) is 4.79 Å². The Hall–Kier alpha value is -2.49. The van der Waals surface area contributed by atoms with Crippen LogP contribution < -0.4 is 15.5 Å². The van der Waals surface area contributed by atoms with Gasteiger partial charge in [-0.15, -0.1) is 0 Å². The lowest BCUT2D eigenvalue weighted by Gasteiger charge is -2.19. The van der Waals surface area contributed by atoms with E-state index in [1.807, 2.05) is 50.2 Å². The van der Waals surface area contributed by atoms with Crippen LogP contribution in [-0.4, -0.2) is 26.2 Å². The number of para-hydroxylation sites is 1. The number of amides is 2. The molecule has 0 atom stereocenters. The number of rotatable bonds is 6. The lowest BCUT2D eigenvalue weighted by atomic mass is 10.1. The first-order valence-corrected chi connectivity index (χ1v) is 7.94. The van der Waals surface area contributed by atoms with Gasteiger partial charge in [0.1, 0.15) is 0 Å². The van der Waals surface area contributed by atoms with E-state index in [0.717, 1.165) is 29.8 Å². The summed E-state index contributed by atoms with van der Waals surface area (Å²) in [5.74, 6) is 0. The molecule has 0 aromatic heterocycles. The van der Waals surface area contributed by atoms with Crippen molar-refractivity contribution in [1.82, 2.24) is 5.32 Å². The van der Waals surface area contributed by atoms with E-state index in [0.29, 0.717) is 6.54 Å². The van der Waals surface area contributed by atoms with Crippen molar-refractivity contribution in [2.24, 2.45) is 0 Å². The molecule has 122 valence electrons. The second kappa shape index (κ2) is 8.22. The third-order valence-electron chi connectivity index (χ3n) is 3.79. The van der Waals surface area contributed by atoms with E-state index in [1.54, 1.807) is 0 Å². The normalized spacial score (nSPS) is 10.2. The molecular weight excluding hydrogens is 286 g/mol. The molecule has 0 fully saturated rings. The Morgan fingerprint density at radius 1 is 1.09 bits per heavy atom. The monoisotopic (exact) mass is 311 g/mol. The average molecular weight is 311 g/mol. The van der Waals surface area contributed by atoms with Crippen LogP contribution in [-0.2, 0) is 0 Å². The van der Waals surface area contributed by atoms with Crippen LogP contribution in [0.4, 0.5) is 16.2 Å². The van der Waals surface area contributed by atoms with Crippen molar-refractivity contribution in [2.45, 2.75) is 20.3 Å². The molecule has 23 heavy (non-hydrogen) atoms. The van der Waals surface area contributed by atoms with E-state index >= 15 is 0 Å². The van der Waals surface area contributed by atoms with Crippen LogP contribution in [0.3, 0.4) is 0 Å².